The molecule has 0 amide bonds. The van der Waals surface area contributed by atoms with Crippen LogP contribution in [0.1, 0.15) is 13.8 Å². The van der Waals surface area contributed by atoms with Gasteiger partial charge in [0, 0.05) is 6.92 Å². The van der Waals surface area contributed by atoms with Crippen molar-refractivity contribution in [2.75, 3.05) is 7.05 Å². The Morgan fingerprint density at radius 1 is 1.50 bits per heavy atom. The highest BCUT2D eigenvalue weighted by atomic mass is 32.2. The van der Waals surface area contributed by atoms with Gasteiger partial charge >= 0.3 is 0 Å². The Morgan fingerprint density at radius 2 is 2.12 bits per heavy atom. The first kappa shape index (κ1) is 6.14. The topological polar surface area (TPSA) is 3.01 Å². The summed E-state index contributed by atoms with van der Waals surface area (Å²) in [7, 11) is 2.13. The number of thioether (sulfide) groups is 1. The van der Waals surface area contributed by atoms with Crippen LogP contribution in [0.2, 0.25) is 0 Å². The SMILES string of the molecule is CC1C=[N+](C)C(C)S1. The minimum atomic E-state index is 0.685. The molecule has 0 saturated carbocycles. The highest BCUT2D eigenvalue weighted by molar-refractivity contribution is 8.01. The molecule has 0 bridgehead atoms. The maximum Gasteiger partial charge on any atom is 0.196 e. The van der Waals surface area contributed by atoms with E-state index in [4.69, 9.17) is 0 Å². The second-order valence-electron chi connectivity index (χ2n) is 2.26. The average molecular weight is 130 g/mol. The van der Waals surface area contributed by atoms with E-state index in [1.165, 1.54) is 0 Å². The highest BCUT2D eigenvalue weighted by Crippen LogP contribution is 2.20. The number of hydrogen-bond donors (Lipinski definition) is 0. The lowest BCUT2D eigenvalue weighted by molar-refractivity contribution is -0.500. The molecule has 0 aliphatic carbocycles. The Kier molecular flexibility index (Phi) is 1.61. The van der Waals surface area contributed by atoms with E-state index < -0.39 is 0 Å². The van der Waals surface area contributed by atoms with Gasteiger partial charge in [-0.15, -0.1) is 0 Å². The molecule has 0 fully saturated rings. The van der Waals surface area contributed by atoms with Gasteiger partial charge in [0.15, 0.2) is 11.6 Å². The minimum absolute atomic E-state index is 0.685. The van der Waals surface area contributed by atoms with Crippen LogP contribution in [0.4, 0.5) is 0 Å². The molecule has 0 aromatic carbocycles. The fraction of sp³-hybridized carbons (Fsp3) is 0.833. The van der Waals surface area contributed by atoms with Crippen LogP contribution >= 0.6 is 11.8 Å². The summed E-state index contributed by atoms with van der Waals surface area (Å²) < 4.78 is 2.26. The third-order valence-corrected chi connectivity index (χ3v) is 2.71. The zero-order valence-electron chi connectivity index (χ0n) is 5.59. The van der Waals surface area contributed by atoms with Crippen LogP contribution in [0.3, 0.4) is 0 Å². The molecule has 2 unspecified atom stereocenters. The maximum atomic E-state index is 2.26. The zero-order valence-corrected chi connectivity index (χ0v) is 6.40. The quantitative estimate of drug-likeness (QED) is 0.445. The highest BCUT2D eigenvalue weighted by Gasteiger charge is 2.23. The fourth-order valence-electron chi connectivity index (χ4n) is 0.894. The van der Waals surface area contributed by atoms with E-state index >= 15 is 0 Å². The van der Waals surface area contributed by atoms with Gasteiger partial charge in [-0.1, -0.05) is 11.8 Å². The number of rotatable bonds is 0. The average Bonchev–Trinajstić information content (AvgIpc) is 1.85. The van der Waals surface area contributed by atoms with Crippen molar-refractivity contribution in [3.05, 3.63) is 0 Å². The lowest BCUT2D eigenvalue weighted by Crippen LogP contribution is -2.09. The van der Waals surface area contributed by atoms with Crippen LogP contribution in [0, 0.1) is 0 Å². The molecule has 0 saturated heterocycles. The summed E-state index contributed by atoms with van der Waals surface area (Å²) in [5, 5.41) is 1.40. The molecule has 0 radical (unpaired) electrons. The molecule has 1 aliphatic heterocycles. The van der Waals surface area contributed by atoms with Gasteiger partial charge in [0.1, 0.15) is 7.05 Å². The van der Waals surface area contributed by atoms with Crippen molar-refractivity contribution in [3.63, 3.8) is 0 Å². The Morgan fingerprint density at radius 3 is 2.25 bits per heavy atom. The first-order valence-electron chi connectivity index (χ1n) is 2.92. The molecule has 0 N–H and O–H groups in total. The molecule has 1 aliphatic rings. The van der Waals surface area contributed by atoms with Crippen LogP contribution in [0.15, 0.2) is 0 Å². The second-order valence-corrected chi connectivity index (χ2v) is 3.95. The monoisotopic (exact) mass is 130 g/mol. The van der Waals surface area contributed by atoms with Gasteiger partial charge in [0.25, 0.3) is 0 Å². The summed E-state index contributed by atoms with van der Waals surface area (Å²) in [4.78, 5) is 0. The standard InChI is InChI=1S/C6H12NS/c1-5-4-7(3)6(2)8-5/h4-6H,1-3H3/q+1. The molecule has 8 heavy (non-hydrogen) atoms. The first-order valence-corrected chi connectivity index (χ1v) is 3.87. The van der Waals surface area contributed by atoms with E-state index in [-0.39, 0.29) is 0 Å². The van der Waals surface area contributed by atoms with Crippen molar-refractivity contribution in [2.45, 2.75) is 24.5 Å². The van der Waals surface area contributed by atoms with Crippen LogP contribution in [0.5, 0.6) is 0 Å². The summed E-state index contributed by atoms with van der Waals surface area (Å²) >= 11 is 2.00. The molecule has 2 atom stereocenters. The molecule has 1 rings (SSSR count). The summed E-state index contributed by atoms with van der Waals surface area (Å²) in [5.41, 5.74) is 0. The van der Waals surface area contributed by atoms with Crippen molar-refractivity contribution < 1.29 is 4.58 Å². The molecule has 1 nitrogen and oxygen atoms in total. The summed E-state index contributed by atoms with van der Waals surface area (Å²) in [5.74, 6) is 0. The molecular formula is C6H12NS+. The largest absolute Gasteiger partial charge is 0.229 e. The van der Waals surface area contributed by atoms with E-state index in [0.717, 1.165) is 5.25 Å². The lowest BCUT2D eigenvalue weighted by atomic mass is 10.5. The predicted molar refractivity (Wildman–Crippen MR) is 38.8 cm³/mol. The van der Waals surface area contributed by atoms with E-state index in [1.54, 1.807) is 0 Å². The third-order valence-electron chi connectivity index (χ3n) is 1.43. The summed E-state index contributed by atoms with van der Waals surface area (Å²) in [6.45, 7) is 4.45. The van der Waals surface area contributed by atoms with Crippen molar-refractivity contribution in [3.8, 4) is 0 Å². The van der Waals surface area contributed by atoms with Crippen LogP contribution < -0.4 is 0 Å². The maximum absolute atomic E-state index is 2.26. The van der Waals surface area contributed by atoms with E-state index in [9.17, 15) is 0 Å². The summed E-state index contributed by atoms with van der Waals surface area (Å²) in [6.07, 6.45) is 2.26. The Balaban J connectivity index is 2.59. The molecule has 0 aromatic rings. The first-order chi connectivity index (χ1) is 3.70. The van der Waals surface area contributed by atoms with Gasteiger partial charge in [-0.2, -0.15) is 0 Å². The molecule has 0 aromatic heterocycles. The van der Waals surface area contributed by atoms with Gasteiger partial charge in [-0.25, -0.2) is 4.58 Å². The van der Waals surface area contributed by atoms with E-state index in [2.05, 4.69) is 31.7 Å². The van der Waals surface area contributed by atoms with E-state index in [1.807, 2.05) is 11.8 Å². The third kappa shape index (κ3) is 1.05. The second kappa shape index (κ2) is 2.09. The molecular weight excluding hydrogens is 118 g/mol. The van der Waals surface area contributed by atoms with Gasteiger partial charge in [0.2, 0.25) is 0 Å². The van der Waals surface area contributed by atoms with E-state index in [0.29, 0.717) is 5.37 Å². The molecule has 0 spiro atoms. The molecule has 46 valence electrons. The molecule has 2 heteroatoms. The number of hydrogen-bond acceptors (Lipinski definition) is 1. The van der Waals surface area contributed by atoms with Gasteiger partial charge in [0.05, 0.1) is 5.25 Å². The van der Waals surface area contributed by atoms with Gasteiger partial charge in [-0.3, -0.25) is 0 Å². The number of nitrogens with zero attached hydrogens (tertiary/aromatic N) is 1. The normalized spacial score (nSPS) is 37.6. The summed E-state index contributed by atoms with van der Waals surface area (Å²) in [6, 6.07) is 0. The predicted octanol–water partition coefficient (Wildman–Crippen LogP) is 1.18. The fourth-order valence-corrected chi connectivity index (χ4v) is 2.04. The minimum Gasteiger partial charge on any atom is -0.229 e. The van der Waals surface area contributed by atoms with Crippen LogP contribution in [-0.4, -0.2) is 28.5 Å². The van der Waals surface area contributed by atoms with Gasteiger partial charge < -0.3 is 0 Å². The lowest BCUT2D eigenvalue weighted by Gasteiger charge is -1.95. The van der Waals surface area contributed by atoms with Crippen LogP contribution in [-0.2, 0) is 0 Å². The Labute approximate surface area is 54.8 Å². The van der Waals surface area contributed by atoms with Crippen molar-refractivity contribution in [2.24, 2.45) is 0 Å². The Hall–Kier alpha value is 0.0200. The Bertz CT molecular complexity index is 120. The zero-order chi connectivity index (χ0) is 6.15. The van der Waals surface area contributed by atoms with Crippen molar-refractivity contribution >= 4 is 18.0 Å². The van der Waals surface area contributed by atoms with Gasteiger partial charge in [-0.05, 0) is 6.92 Å². The molecule has 1 heterocycles. The van der Waals surface area contributed by atoms with Crippen molar-refractivity contribution in [1.29, 1.82) is 0 Å². The van der Waals surface area contributed by atoms with Crippen LogP contribution in [0.25, 0.3) is 0 Å². The smallest absolute Gasteiger partial charge is 0.196 e. The van der Waals surface area contributed by atoms with Crippen molar-refractivity contribution in [1.82, 2.24) is 0 Å².